The van der Waals surface area contributed by atoms with Crippen molar-refractivity contribution in [1.82, 2.24) is 9.80 Å². The lowest BCUT2D eigenvalue weighted by molar-refractivity contribution is -0.385. The van der Waals surface area contributed by atoms with E-state index in [0.29, 0.717) is 31.9 Å². The number of nitro groups is 1. The predicted molar refractivity (Wildman–Crippen MR) is 104 cm³/mol. The number of fused-ring (bicyclic) bond motifs is 1. The Morgan fingerprint density at radius 2 is 1.65 bits per heavy atom. The maximum Gasteiger partial charge on any atom is 0.416 e. The summed E-state index contributed by atoms with van der Waals surface area (Å²) in [6.45, 7) is 1.59. The Bertz CT molecular complexity index is 1060. The molecule has 0 N–H and O–H groups in total. The molecule has 0 bridgehead atoms. The van der Waals surface area contributed by atoms with E-state index < -0.39 is 34.2 Å². The summed E-state index contributed by atoms with van der Waals surface area (Å²) >= 11 is 0. The summed E-state index contributed by atoms with van der Waals surface area (Å²) in [4.78, 5) is 40.4. The molecule has 2 aliphatic rings. The number of rotatable bonds is 4. The van der Waals surface area contributed by atoms with Crippen LogP contribution >= 0.6 is 0 Å². The Labute approximate surface area is 174 Å². The third kappa shape index (κ3) is 3.83. The molecule has 0 spiro atoms. The van der Waals surface area contributed by atoms with Crippen molar-refractivity contribution in [3.8, 4) is 0 Å². The van der Waals surface area contributed by atoms with E-state index >= 15 is 0 Å². The summed E-state index contributed by atoms with van der Waals surface area (Å²) in [7, 11) is 0. The smallest absolute Gasteiger partial charge is 0.369 e. The fourth-order valence-corrected chi connectivity index (χ4v) is 3.82. The molecule has 2 aromatic carbocycles. The summed E-state index contributed by atoms with van der Waals surface area (Å²) in [6.07, 6.45) is -4.42. The number of alkyl halides is 3. The Hall–Kier alpha value is -3.47. The Morgan fingerprint density at radius 3 is 2.29 bits per heavy atom. The third-order valence-electron chi connectivity index (χ3n) is 5.43. The van der Waals surface area contributed by atoms with Gasteiger partial charge >= 0.3 is 6.18 Å². The standard InChI is InChI=1S/C20H17F3N4O4/c21-20(22,23)13-3-1-4-14(11-13)25-9-7-24(8-10-25)12-26-18(28)15-5-2-6-16(27(30)31)17(15)19(26)29/h1-6,11H,7-10,12H2. The molecule has 0 aromatic heterocycles. The summed E-state index contributed by atoms with van der Waals surface area (Å²) < 4.78 is 38.9. The van der Waals surface area contributed by atoms with Crippen LogP contribution in [0.4, 0.5) is 24.5 Å². The fourth-order valence-electron chi connectivity index (χ4n) is 3.82. The molecule has 1 fully saturated rings. The van der Waals surface area contributed by atoms with Crippen molar-refractivity contribution in [1.29, 1.82) is 0 Å². The number of piperazine rings is 1. The van der Waals surface area contributed by atoms with Crippen LogP contribution in [0.5, 0.6) is 0 Å². The monoisotopic (exact) mass is 434 g/mol. The van der Waals surface area contributed by atoms with E-state index in [2.05, 4.69) is 0 Å². The molecule has 31 heavy (non-hydrogen) atoms. The lowest BCUT2D eigenvalue weighted by atomic mass is 10.1. The summed E-state index contributed by atoms with van der Waals surface area (Å²) in [5.74, 6) is -1.31. The number of carbonyl (C=O) groups is 2. The van der Waals surface area contributed by atoms with E-state index in [1.165, 1.54) is 24.3 Å². The quantitative estimate of drug-likeness (QED) is 0.418. The van der Waals surface area contributed by atoms with Gasteiger partial charge in [0.2, 0.25) is 0 Å². The number of nitrogens with zero attached hydrogens (tertiary/aromatic N) is 4. The highest BCUT2D eigenvalue weighted by molar-refractivity contribution is 6.23. The zero-order chi connectivity index (χ0) is 22.3. The minimum atomic E-state index is -4.42. The average molecular weight is 434 g/mol. The van der Waals surface area contributed by atoms with Gasteiger partial charge in [0, 0.05) is 37.9 Å². The van der Waals surface area contributed by atoms with Crippen LogP contribution in [0.15, 0.2) is 42.5 Å². The van der Waals surface area contributed by atoms with Gasteiger partial charge < -0.3 is 4.90 Å². The molecule has 11 heteroatoms. The first kappa shape index (κ1) is 20.8. The maximum atomic E-state index is 13.0. The Balaban J connectivity index is 1.43. The number of amides is 2. The molecule has 162 valence electrons. The lowest BCUT2D eigenvalue weighted by Crippen LogP contribution is -2.51. The minimum absolute atomic E-state index is 0.00167. The van der Waals surface area contributed by atoms with Gasteiger partial charge in [-0.2, -0.15) is 13.2 Å². The largest absolute Gasteiger partial charge is 0.416 e. The summed E-state index contributed by atoms with van der Waals surface area (Å²) in [5.41, 5.74) is -0.888. The zero-order valence-corrected chi connectivity index (χ0v) is 16.1. The lowest BCUT2D eigenvalue weighted by Gasteiger charge is -2.37. The first-order valence-electron chi connectivity index (χ1n) is 9.45. The molecule has 0 radical (unpaired) electrons. The van der Waals surface area contributed by atoms with E-state index in [0.717, 1.165) is 17.0 Å². The van der Waals surface area contributed by atoms with Crippen LogP contribution in [0.2, 0.25) is 0 Å². The van der Waals surface area contributed by atoms with Gasteiger partial charge in [0.1, 0.15) is 5.56 Å². The molecule has 0 saturated carbocycles. The molecule has 0 atom stereocenters. The fraction of sp³-hybridized carbons (Fsp3) is 0.300. The van der Waals surface area contributed by atoms with Gasteiger partial charge in [0.05, 0.1) is 22.7 Å². The molecule has 8 nitrogen and oxygen atoms in total. The highest BCUT2D eigenvalue weighted by Gasteiger charge is 2.41. The van der Waals surface area contributed by atoms with E-state index in [1.54, 1.807) is 11.0 Å². The van der Waals surface area contributed by atoms with Gasteiger partial charge in [-0.15, -0.1) is 0 Å². The SMILES string of the molecule is O=C1c2cccc([N+](=O)[O-])c2C(=O)N1CN1CCN(c2cccc(C(F)(F)F)c2)CC1. The van der Waals surface area contributed by atoms with Gasteiger partial charge in [-0.25, -0.2) is 0 Å². The topological polar surface area (TPSA) is 87.0 Å². The molecular weight excluding hydrogens is 417 g/mol. The van der Waals surface area contributed by atoms with Crippen molar-refractivity contribution in [2.24, 2.45) is 0 Å². The maximum absolute atomic E-state index is 13.0. The van der Waals surface area contributed by atoms with Crippen molar-refractivity contribution >= 4 is 23.2 Å². The highest BCUT2D eigenvalue weighted by Crippen LogP contribution is 2.33. The van der Waals surface area contributed by atoms with Crippen LogP contribution < -0.4 is 4.90 Å². The predicted octanol–water partition coefficient (Wildman–Crippen LogP) is 2.99. The second kappa shape index (κ2) is 7.65. The molecule has 2 aromatic rings. The van der Waals surface area contributed by atoms with Crippen LogP contribution in [-0.2, 0) is 6.18 Å². The number of imide groups is 1. The number of nitro benzene ring substituents is 1. The van der Waals surface area contributed by atoms with Gasteiger partial charge in [0.15, 0.2) is 0 Å². The number of hydrogen-bond acceptors (Lipinski definition) is 6. The number of benzene rings is 2. The second-order valence-corrected chi connectivity index (χ2v) is 7.29. The van der Waals surface area contributed by atoms with Gasteiger partial charge in [-0.1, -0.05) is 12.1 Å². The van der Waals surface area contributed by atoms with Crippen LogP contribution in [0, 0.1) is 10.1 Å². The minimum Gasteiger partial charge on any atom is -0.369 e. The van der Waals surface area contributed by atoms with Crippen molar-refractivity contribution in [2.45, 2.75) is 6.18 Å². The summed E-state index contributed by atoms with van der Waals surface area (Å²) in [6, 6.07) is 9.00. The van der Waals surface area contributed by atoms with E-state index in [9.17, 15) is 32.9 Å². The number of anilines is 1. The van der Waals surface area contributed by atoms with Crippen LogP contribution in [0.3, 0.4) is 0 Å². The van der Waals surface area contributed by atoms with E-state index in [-0.39, 0.29) is 17.8 Å². The van der Waals surface area contributed by atoms with Gasteiger partial charge in [-0.3, -0.25) is 29.5 Å². The molecule has 2 aliphatic heterocycles. The Morgan fingerprint density at radius 1 is 0.968 bits per heavy atom. The molecular formula is C20H17F3N4O4. The Kier molecular flexibility index (Phi) is 5.13. The molecule has 4 rings (SSSR count). The zero-order valence-electron chi connectivity index (χ0n) is 16.1. The van der Waals surface area contributed by atoms with Gasteiger partial charge in [-0.05, 0) is 24.3 Å². The van der Waals surface area contributed by atoms with Crippen molar-refractivity contribution in [2.75, 3.05) is 37.7 Å². The third-order valence-corrected chi connectivity index (χ3v) is 5.43. The van der Waals surface area contributed by atoms with E-state index in [4.69, 9.17) is 0 Å². The van der Waals surface area contributed by atoms with Crippen molar-refractivity contribution in [3.05, 3.63) is 69.3 Å². The number of carbonyl (C=O) groups excluding carboxylic acids is 2. The summed E-state index contributed by atoms with van der Waals surface area (Å²) in [5, 5.41) is 11.2. The first-order valence-corrected chi connectivity index (χ1v) is 9.45. The molecule has 1 saturated heterocycles. The van der Waals surface area contributed by atoms with Crippen LogP contribution in [-0.4, -0.2) is 59.4 Å². The van der Waals surface area contributed by atoms with Gasteiger partial charge in [0.25, 0.3) is 17.5 Å². The van der Waals surface area contributed by atoms with Crippen molar-refractivity contribution < 1.29 is 27.7 Å². The number of hydrogen-bond donors (Lipinski definition) is 0. The van der Waals surface area contributed by atoms with Crippen LogP contribution in [0.1, 0.15) is 26.3 Å². The number of halogens is 3. The second-order valence-electron chi connectivity index (χ2n) is 7.29. The van der Waals surface area contributed by atoms with Crippen molar-refractivity contribution in [3.63, 3.8) is 0 Å². The molecule has 2 heterocycles. The molecule has 2 amide bonds. The van der Waals surface area contributed by atoms with E-state index in [1.807, 2.05) is 4.90 Å². The molecule has 0 unspecified atom stereocenters. The normalized spacial score (nSPS) is 17.3. The first-order chi connectivity index (χ1) is 14.7. The highest BCUT2D eigenvalue weighted by atomic mass is 19.4. The van der Waals surface area contributed by atoms with Crippen LogP contribution in [0.25, 0.3) is 0 Å². The average Bonchev–Trinajstić information content (AvgIpc) is 2.98. The molecule has 0 aliphatic carbocycles.